The molecule has 120 valence electrons. The summed E-state index contributed by atoms with van der Waals surface area (Å²) in [4.78, 5) is 14.5. The van der Waals surface area contributed by atoms with Gasteiger partial charge in [-0.05, 0) is 23.9 Å². The third-order valence-corrected chi connectivity index (χ3v) is 4.27. The number of hydrogen-bond acceptors (Lipinski definition) is 4. The SMILES string of the molecule is N#Cc1ccc(-n2ccnc2SC(F)(F)C(=O)O)c2ccccc12. The molecule has 3 rings (SSSR count). The normalized spacial score (nSPS) is 11.4. The van der Waals surface area contributed by atoms with Crippen molar-refractivity contribution in [2.45, 2.75) is 10.4 Å². The van der Waals surface area contributed by atoms with Gasteiger partial charge in [-0.25, -0.2) is 9.78 Å². The van der Waals surface area contributed by atoms with E-state index in [1.807, 2.05) is 0 Å². The zero-order valence-electron chi connectivity index (χ0n) is 12.0. The number of nitriles is 1. The Hall–Kier alpha value is -2.92. The molecular weight excluding hydrogens is 336 g/mol. The molecule has 5 nitrogen and oxygen atoms in total. The molecule has 0 unspecified atom stereocenters. The van der Waals surface area contributed by atoms with Crippen LogP contribution in [0.2, 0.25) is 0 Å². The van der Waals surface area contributed by atoms with Gasteiger partial charge >= 0.3 is 11.2 Å². The van der Waals surface area contributed by atoms with Crippen LogP contribution < -0.4 is 0 Å². The summed E-state index contributed by atoms with van der Waals surface area (Å²) in [6, 6.07) is 12.3. The molecule has 0 aliphatic heterocycles. The van der Waals surface area contributed by atoms with Gasteiger partial charge in [-0.15, -0.1) is 0 Å². The summed E-state index contributed by atoms with van der Waals surface area (Å²) in [6.45, 7) is 0. The lowest BCUT2D eigenvalue weighted by Crippen LogP contribution is -2.24. The number of halogens is 2. The molecule has 0 aliphatic rings. The fraction of sp³-hybridized carbons (Fsp3) is 0.0625. The number of nitrogens with zero attached hydrogens (tertiary/aromatic N) is 3. The zero-order chi connectivity index (χ0) is 17.3. The first-order chi connectivity index (χ1) is 11.4. The van der Waals surface area contributed by atoms with Gasteiger partial charge in [0.05, 0.1) is 17.3 Å². The second kappa shape index (κ2) is 5.94. The monoisotopic (exact) mass is 345 g/mol. The lowest BCUT2D eigenvalue weighted by Gasteiger charge is -2.14. The van der Waals surface area contributed by atoms with Crippen LogP contribution in [0.5, 0.6) is 0 Å². The van der Waals surface area contributed by atoms with Crippen molar-refractivity contribution in [1.29, 1.82) is 5.26 Å². The average molecular weight is 345 g/mol. The summed E-state index contributed by atoms with van der Waals surface area (Å²) in [5, 5.41) is 15.0. The highest BCUT2D eigenvalue weighted by molar-refractivity contribution is 8.00. The molecule has 0 fully saturated rings. The maximum Gasteiger partial charge on any atom is 0.395 e. The van der Waals surface area contributed by atoms with Crippen LogP contribution in [0.1, 0.15) is 5.56 Å². The van der Waals surface area contributed by atoms with E-state index < -0.39 is 11.2 Å². The predicted octanol–water partition coefficient (Wildman–Crippen LogP) is 3.67. The van der Waals surface area contributed by atoms with E-state index in [0.717, 1.165) is 0 Å². The van der Waals surface area contributed by atoms with Crippen LogP contribution in [0.4, 0.5) is 8.78 Å². The second-order valence-corrected chi connectivity index (χ2v) is 5.88. The molecule has 8 heteroatoms. The molecule has 0 bridgehead atoms. The minimum Gasteiger partial charge on any atom is -0.476 e. The van der Waals surface area contributed by atoms with Gasteiger partial charge in [0.25, 0.3) is 0 Å². The molecule has 0 radical (unpaired) electrons. The highest BCUT2D eigenvalue weighted by Crippen LogP contribution is 2.37. The largest absolute Gasteiger partial charge is 0.476 e. The first-order valence-corrected chi connectivity index (χ1v) is 7.51. The van der Waals surface area contributed by atoms with E-state index in [9.17, 15) is 18.8 Å². The van der Waals surface area contributed by atoms with Crippen LogP contribution in [0.25, 0.3) is 16.5 Å². The summed E-state index contributed by atoms with van der Waals surface area (Å²) in [7, 11) is 0. The van der Waals surface area contributed by atoms with Gasteiger partial charge in [-0.2, -0.15) is 14.0 Å². The topological polar surface area (TPSA) is 78.9 Å². The number of rotatable bonds is 4. The molecule has 0 atom stereocenters. The minimum absolute atomic E-state index is 0.145. The molecule has 0 saturated carbocycles. The Balaban J connectivity index is 2.16. The third-order valence-electron chi connectivity index (χ3n) is 3.36. The maximum absolute atomic E-state index is 13.5. The summed E-state index contributed by atoms with van der Waals surface area (Å²) >= 11 is -0.145. The molecule has 0 amide bonds. The van der Waals surface area contributed by atoms with E-state index in [0.29, 0.717) is 22.0 Å². The molecule has 1 N–H and O–H groups in total. The van der Waals surface area contributed by atoms with Gasteiger partial charge in [-0.3, -0.25) is 4.57 Å². The molecule has 0 saturated heterocycles. The number of aromatic nitrogens is 2. The Morgan fingerprint density at radius 1 is 1.25 bits per heavy atom. The molecule has 0 spiro atoms. The van der Waals surface area contributed by atoms with Crippen LogP contribution in [0, 0.1) is 11.3 Å². The molecule has 1 aromatic heterocycles. The Bertz CT molecular complexity index is 979. The van der Waals surface area contributed by atoms with Crippen LogP contribution in [-0.4, -0.2) is 25.9 Å². The van der Waals surface area contributed by atoms with Crippen LogP contribution in [-0.2, 0) is 4.79 Å². The van der Waals surface area contributed by atoms with E-state index in [2.05, 4.69) is 11.1 Å². The van der Waals surface area contributed by atoms with Gasteiger partial charge in [0.1, 0.15) is 0 Å². The second-order valence-electron chi connectivity index (χ2n) is 4.79. The lowest BCUT2D eigenvalue weighted by molar-refractivity contribution is -0.152. The first-order valence-electron chi connectivity index (χ1n) is 6.70. The van der Waals surface area contributed by atoms with E-state index in [1.165, 1.54) is 17.0 Å². The van der Waals surface area contributed by atoms with Crippen LogP contribution in [0.3, 0.4) is 0 Å². The molecule has 3 aromatic rings. The van der Waals surface area contributed by atoms with Crippen molar-refractivity contribution in [2.24, 2.45) is 0 Å². The molecule has 2 aromatic carbocycles. The van der Waals surface area contributed by atoms with Crippen molar-refractivity contribution >= 4 is 28.5 Å². The molecular formula is C16H9F2N3O2S. The number of carboxylic acid groups (broad SMARTS) is 1. The van der Waals surface area contributed by atoms with E-state index >= 15 is 0 Å². The Kier molecular flexibility index (Phi) is 3.95. The summed E-state index contributed by atoms with van der Waals surface area (Å²) < 4.78 is 28.4. The molecule has 24 heavy (non-hydrogen) atoms. The van der Waals surface area contributed by atoms with E-state index in [4.69, 9.17) is 5.11 Å². The Labute approximate surface area is 139 Å². The zero-order valence-corrected chi connectivity index (χ0v) is 12.8. The van der Waals surface area contributed by atoms with Crippen LogP contribution in [0.15, 0.2) is 53.9 Å². The number of carboxylic acids is 1. The van der Waals surface area contributed by atoms with Gasteiger partial charge < -0.3 is 5.11 Å². The lowest BCUT2D eigenvalue weighted by atomic mass is 10.0. The quantitative estimate of drug-likeness (QED) is 0.730. The average Bonchev–Trinajstić information content (AvgIpc) is 3.00. The number of carbonyl (C=O) groups is 1. The van der Waals surface area contributed by atoms with Gasteiger partial charge in [0.15, 0.2) is 5.16 Å². The van der Waals surface area contributed by atoms with Crippen molar-refractivity contribution in [3.63, 3.8) is 0 Å². The molecule has 1 heterocycles. The predicted molar refractivity (Wildman–Crippen MR) is 84.2 cm³/mol. The maximum atomic E-state index is 13.5. The van der Waals surface area contributed by atoms with E-state index in [1.54, 1.807) is 36.4 Å². The van der Waals surface area contributed by atoms with Crippen molar-refractivity contribution in [3.8, 4) is 11.8 Å². The summed E-state index contributed by atoms with van der Waals surface area (Å²) in [5.41, 5.74) is 0.991. The number of fused-ring (bicyclic) bond motifs is 1. The van der Waals surface area contributed by atoms with Crippen molar-refractivity contribution < 1.29 is 18.7 Å². The van der Waals surface area contributed by atoms with Crippen LogP contribution >= 0.6 is 11.8 Å². The highest BCUT2D eigenvalue weighted by atomic mass is 32.2. The van der Waals surface area contributed by atoms with Crippen molar-refractivity contribution in [1.82, 2.24) is 9.55 Å². The highest BCUT2D eigenvalue weighted by Gasteiger charge is 2.42. The summed E-state index contributed by atoms with van der Waals surface area (Å²) in [6.07, 6.45) is 2.78. The number of alkyl halides is 2. The number of benzene rings is 2. The minimum atomic E-state index is -3.99. The first kappa shape index (κ1) is 16.0. The number of hydrogen-bond donors (Lipinski definition) is 1. The Morgan fingerprint density at radius 2 is 1.96 bits per heavy atom. The van der Waals surface area contributed by atoms with Gasteiger partial charge in [0, 0.05) is 23.2 Å². The fourth-order valence-electron chi connectivity index (χ4n) is 2.30. The number of imidazole rings is 1. The number of aliphatic carboxylic acids is 1. The standard InChI is InChI=1S/C16H9F2N3O2S/c17-16(18,14(22)23)24-15-20-7-8-21(15)13-6-5-10(9-19)11-3-1-2-4-12(11)13/h1-8H,(H,22,23). The van der Waals surface area contributed by atoms with Gasteiger partial charge in [-0.1, -0.05) is 24.3 Å². The summed E-state index contributed by atoms with van der Waals surface area (Å²) in [5.74, 6) is -2.23. The Morgan fingerprint density at radius 3 is 2.62 bits per heavy atom. The van der Waals surface area contributed by atoms with Crippen molar-refractivity contribution in [3.05, 3.63) is 54.4 Å². The third kappa shape index (κ3) is 2.70. The van der Waals surface area contributed by atoms with E-state index in [-0.39, 0.29) is 16.9 Å². The van der Waals surface area contributed by atoms with Gasteiger partial charge in [0.2, 0.25) is 0 Å². The fourth-order valence-corrected chi connectivity index (χ4v) is 2.99. The van der Waals surface area contributed by atoms with Crippen molar-refractivity contribution in [2.75, 3.05) is 0 Å². The smallest absolute Gasteiger partial charge is 0.395 e. The molecule has 0 aliphatic carbocycles. The number of thioether (sulfide) groups is 1.